The molecule has 0 aliphatic heterocycles. The van der Waals surface area contributed by atoms with Crippen LogP contribution in [0.3, 0.4) is 0 Å². The van der Waals surface area contributed by atoms with E-state index in [2.05, 4.69) is 27.7 Å². The fraction of sp³-hybridized carbons (Fsp3) is 0.818. The summed E-state index contributed by atoms with van der Waals surface area (Å²) >= 11 is 0. The summed E-state index contributed by atoms with van der Waals surface area (Å²) in [6.45, 7) is 9.36. The molecule has 1 aliphatic rings. The van der Waals surface area contributed by atoms with Gasteiger partial charge in [0.25, 0.3) is 0 Å². The fourth-order valence-electron chi connectivity index (χ4n) is 2.46. The van der Waals surface area contributed by atoms with Crippen LogP contribution in [0.4, 0.5) is 0 Å². The largest absolute Gasteiger partial charge is 0.0736 e. The summed E-state index contributed by atoms with van der Waals surface area (Å²) in [6, 6.07) is 0. The van der Waals surface area contributed by atoms with Crippen molar-refractivity contribution in [1.29, 1.82) is 0 Å². The summed E-state index contributed by atoms with van der Waals surface area (Å²) in [7, 11) is 0. The molecule has 1 aliphatic carbocycles. The van der Waals surface area contributed by atoms with Crippen molar-refractivity contribution in [3.63, 3.8) is 0 Å². The van der Waals surface area contributed by atoms with Crippen LogP contribution >= 0.6 is 0 Å². The van der Waals surface area contributed by atoms with Gasteiger partial charge in [-0.25, -0.2) is 0 Å². The van der Waals surface area contributed by atoms with Gasteiger partial charge in [0.2, 0.25) is 0 Å². The maximum atomic E-state index is 2.38. The minimum Gasteiger partial charge on any atom is -0.0736 e. The van der Waals surface area contributed by atoms with Crippen LogP contribution in [0, 0.1) is 5.41 Å². The first-order valence-electron chi connectivity index (χ1n) is 4.77. The maximum absolute atomic E-state index is 2.38. The van der Waals surface area contributed by atoms with Crippen molar-refractivity contribution in [2.45, 2.75) is 53.4 Å². The zero-order valence-electron chi connectivity index (χ0n) is 8.91. The third kappa shape index (κ3) is 2.67. The van der Waals surface area contributed by atoms with Crippen molar-refractivity contribution in [3.05, 3.63) is 11.1 Å². The Bertz CT molecular complexity index is 177. The third-order valence-corrected chi connectivity index (χ3v) is 3.04. The van der Waals surface area contributed by atoms with Crippen LogP contribution in [0.2, 0.25) is 0 Å². The minimum atomic E-state index is 0. The normalized spacial score (nSPS) is 22.0. The van der Waals surface area contributed by atoms with Crippen LogP contribution in [0.25, 0.3) is 0 Å². The van der Waals surface area contributed by atoms with E-state index in [1.807, 2.05) is 0 Å². The van der Waals surface area contributed by atoms with Crippen LogP contribution in [0.15, 0.2) is 11.1 Å². The summed E-state index contributed by atoms with van der Waals surface area (Å²) in [5.41, 5.74) is 3.87. The first-order chi connectivity index (χ1) is 5.08. The Morgan fingerprint density at radius 2 is 1.92 bits per heavy atom. The van der Waals surface area contributed by atoms with E-state index in [1.54, 1.807) is 11.1 Å². The maximum Gasteiger partial charge on any atom is 0 e. The predicted molar refractivity (Wildman–Crippen MR) is 50.6 cm³/mol. The fourth-order valence-corrected chi connectivity index (χ4v) is 2.46. The van der Waals surface area contributed by atoms with E-state index in [0.29, 0.717) is 5.41 Å². The molecule has 0 fully saturated rings. The number of rotatable bonds is 1. The Morgan fingerprint density at radius 3 is 2.25 bits per heavy atom. The molecule has 0 spiro atoms. The number of hydrogen-bond acceptors (Lipinski definition) is 0. The first kappa shape index (κ1) is 12.8. The smallest absolute Gasteiger partial charge is 0 e. The summed E-state index contributed by atoms with van der Waals surface area (Å²) < 4.78 is 0. The molecule has 0 saturated carbocycles. The average molecular weight is 241 g/mol. The molecular weight excluding hydrogens is 221 g/mol. The predicted octanol–water partition coefficient (Wildman–Crippen LogP) is 3.92. The van der Waals surface area contributed by atoms with Gasteiger partial charge < -0.3 is 0 Å². The number of allylic oxidation sites excluding steroid dienone is 2. The van der Waals surface area contributed by atoms with Gasteiger partial charge in [0.05, 0.1) is 0 Å². The molecule has 0 nitrogen and oxygen atoms in total. The van der Waals surface area contributed by atoms with E-state index in [-0.39, 0.29) is 32.7 Å². The van der Waals surface area contributed by atoms with Crippen molar-refractivity contribution in [2.75, 3.05) is 0 Å². The second kappa shape index (κ2) is 4.91. The molecule has 0 saturated heterocycles. The quantitative estimate of drug-likeness (QED) is 0.610. The van der Waals surface area contributed by atoms with Gasteiger partial charge in [0, 0.05) is 32.7 Å². The molecule has 1 rings (SSSR count). The van der Waals surface area contributed by atoms with Crippen molar-refractivity contribution < 1.29 is 32.7 Å². The molecule has 0 aromatic heterocycles. The van der Waals surface area contributed by atoms with E-state index in [9.17, 15) is 0 Å². The zero-order chi connectivity index (χ0) is 8.48. The Kier molecular flexibility index (Phi) is 5.25. The van der Waals surface area contributed by atoms with Crippen molar-refractivity contribution in [1.82, 2.24) is 0 Å². The minimum absolute atomic E-state index is 0. The van der Waals surface area contributed by atoms with Crippen LogP contribution in [0.5, 0.6) is 0 Å². The average Bonchev–Trinajstić information content (AvgIpc) is 1.86. The SMILES string of the molecule is CCC1=C(C)CCCC1(C)C.[Y]. The van der Waals surface area contributed by atoms with Gasteiger partial charge in [0.1, 0.15) is 0 Å². The molecule has 1 radical (unpaired) electrons. The van der Waals surface area contributed by atoms with E-state index >= 15 is 0 Å². The van der Waals surface area contributed by atoms with Gasteiger partial charge in [-0.05, 0) is 38.0 Å². The van der Waals surface area contributed by atoms with Gasteiger partial charge in [-0.15, -0.1) is 0 Å². The van der Waals surface area contributed by atoms with Crippen molar-refractivity contribution in [2.24, 2.45) is 5.41 Å². The summed E-state index contributed by atoms with van der Waals surface area (Å²) in [4.78, 5) is 0. The second-order valence-corrected chi connectivity index (χ2v) is 4.35. The Morgan fingerprint density at radius 1 is 1.33 bits per heavy atom. The molecule has 0 bridgehead atoms. The van der Waals surface area contributed by atoms with Gasteiger partial charge in [-0.1, -0.05) is 31.9 Å². The molecule has 12 heavy (non-hydrogen) atoms. The monoisotopic (exact) mass is 241 g/mol. The standard InChI is InChI=1S/C11H20.Y/c1-5-10-9(2)7-6-8-11(10,3)4;/h5-8H2,1-4H3;. The van der Waals surface area contributed by atoms with E-state index in [1.165, 1.54) is 25.7 Å². The Balaban J connectivity index is 0.00000121. The van der Waals surface area contributed by atoms with Gasteiger partial charge in [-0.3, -0.25) is 0 Å². The molecule has 1 heteroatoms. The third-order valence-electron chi connectivity index (χ3n) is 3.04. The number of hydrogen-bond donors (Lipinski definition) is 0. The summed E-state index contributed by atoms with van der Waals surface area (Å²) in [5.74, 6) is 0. The molecule has 0 aromatic carbocycles. The van der Waals surface area contributed by atoms with Crippen molar-refractivity contribution >= 4 is 0 Å². The Labute approximate surface area is 102 Å². The van der Waals surface area contributed by atoms with Gasteiger partial charge in [-0.2, -0.15) is 0 Å². The van der Waals surface area contributed by atoms with E-state index in [4.69, 9.17) is 0 Å². The molecule has 0 unspecified atom stereocenters. The van der Waals surface area contributed by atoms with Gasteiger partial charge >= 0.3 is 0 Å². The first-order valence-corrected chi connectivity index (χ1v) is 4.77. The molecule has 0 amide bonds. The van der Waals surface area contributed by atoms with Crippen LogP contribution in [0.1, 0.15) is 53.4 Å². The van der Waals surface area contributed by atoms with Crippen LogP contribution in [-0.2, 0) is 32.7 Å². The molecular formula is C11H20Y. The summed E-state index contributed by atoms with van der Waals surface area (Å²) in [6.07, 6.45) is 5.36. The van der Waals surface area contributed by atoms with E-state index < -0.39 is 0 Å². The van der Waals surface area contributed by atoms with Crippen LogP contribution < -0.4 is 0 Å². The Hall–Kier alpha value is 0.844. The molecule has 0 aromatic rings. The summed E-state index contributed by atoms with van der Waals surface area (Å²) in [5, 5.41) is 0. The van der Waals surface area contributed by atoms with Crippen molar-refractivity contribution in [3.8, 4) is 0 Å². The zero-order valence-corrected chi connectivity index (χ0v) is 11.7. The topological polar surface area (TPSA) is 0 Å². The molecule has 67 valence electrons. The second-order valence-electron chi connectivity index (χ2n) is 4.35. The van der Waals surface area contributed by atoms with Crippen LogP contribution in [-0.4, -0.2) is 0 Å². The molecule has 0 heterocycles. The molecule has 0 atom stereocenters. The van der Waals surface area contributed by atoms with Gasteiger partial charge in [0.15, 0.2) is 0 Å². The molecule has 0 N–H and O–H groups in total. The van der Waals surface area contributed by atoms with E-state index in [0.717, 1.165) is 0 Å².